The molecule has 0 saturated heterocycles. The second-order valence-electron chi connectivity index (χ2n) is 3.17. The number of hydrogen-bond acceptors (Lipinski definition) is 2. The molecule has 1 aromatic heterocycles. The SMILES string of the molecule is CCC(CC)Cn1ncnc1CCl. The van der Waals surface area contributed by atoms with E-state index in [4.69, 9.17) is 11.6 Å². The highest BCUT2D eigenvalue weighted by Gasteiger charge is 2.08. The summed E-state index contributed by atoms with van der Waals surface area (Å²) < 4.78 is 1.91. The topological polar surface area (TPSA) is 30.7 Å². The van der Waals surface area contributed by atoms with Gasteiger partial charge in [-0.05, 0) is 5.92 Å². The van der Waals surface area contributed by atoms with Crippen molar-refractivity contribution in [1.82, 2.24) is 14.8 Å². The predicted molar refractivity (Wildman–Crippen MR) is 53.7 cm³/mol. The molecular weight excluding hydrogens is 186 g/mol. The minimum Gasteiger partial charge on any atom is -0.249 e. The Hall–Kier alpha value is -0.570. The molecule has 0 radical (unpaired) electrons. The molecule has 0 aromatic carbocycles. The highest BCUT2D eigenvalue weighted by Crippen LogP contribution is 2.11. The molecule has 0 amide bonds. The molecule has 0 saturated carbocycles. The first kappa shape index (κ1) is 10.5. The van der Waals surface area contributed by atoms with Gasteiger partial charge in [0, 0.05) is 6.54 Å². The molecule has 0 aliphatic rings. The molecule has 74 valence electrons. The van der Waals surface area contributed by atoms with Crippen LogP contribution in [0, 0.1) is 5.92 Å². The summed E-state index contributed by atoms with van der Waals surface area (Å²) in [7, 11) is 0. The lowest BCUT2D eigenvalue weighted by molar-refractivity contribution is 0.389. The van der Waals surface area contributed by atoms with E-state index in [1.54, 1.807) is 6.33 Å². The molecule has 4 heteroatoms. The molecule has 1 rings (SSSR count). The molecule has 0 spiro atoms. The van der Waals surface area contributed by atoms with Crippen LogP contribution in [-0.4, -0.2) is 14.8 Å². The highest BCUT2D eigenvalue weighted by atomic mass is 35.5. The summed E-state index contributed by atoms with van der Waals surface area (Å²) in [6.07, 6.45) is 3.93. The number of rotatable bonds is 5. The summed E-state index contributed by atoms with van der Waals surface area (Å²) in [5, 5.41) is 4.14. The van der Waals surface area contributed by atoms with Crippen molar-refractivity contribution in [2.45, 2.75) is 39.1 Å². The molecule has 0 atom stereocenters. The van der Waals surface area contributed by atoms with Gasteiger partial charge < -0.3 is 0 Å². The molecule has 0 fully saturated rings. The predicted octanol–water partition coefficient (Wildman–Crippen LogP) is 2.45. The zero-order chi connectivity index (χ0) is 9.68. The van der Waals surface area contributed by atoms with Gasteiger partial charge in [0.15, 0.2) is 0 Å². The molecule has 0 N–H and O–H groups in total. The second kappa shape index (κ2) is 5.22. The van der Waals surface area contributed by atoms with E-state index >= 15 is 0 Å². The summed E-state index contributed by atoms with van der Waals surface area (Å²) in [6.45, 7) is 5.34. The zero-order valence-corrected chi connectivity index (χ0v) is 8.96. The Morgan fingerprint density at radius 2 is 2.15 bits per heavy atom. The van der Waals surface area contributed by atoms with Gasteiger partial charge in [-0.15, -0.1) is 11.6 Å². The number of aromatic nitrogens is 3. The van der Waals surface area contributed by atoms with Crippen LogP contribution in [0.1, 0.15) is 32.5 Å². The zero-order valence-electron chi connectivity index (χ0n) is 8.20. The monoisotopic (exact) mass is 201 g/mol. The fourth-order valence-corrected chi connectivity index (χ4v) is 1.54. The maximum Gasteiger partial charge on any atom is 0.141 e. The standard InChI is InChI=1S/C9H16ClN3/c1-3-8(4-2)6-13-9(5-10)11-7-12-13/h7-8H,3-6H2,1-2H3. The normalized spacial score (nSPS) is 11.1. The lowest BCUT2D eigenvalue weighted by atomic mass is 10.0. The van der Waals surface area contributed by atoms with Crippen molar-refractivity contribution in [3.8, 4) is 0 Å². The van der Waals surface area contributed by atoms with Crippen LogP contribution in [-0.2, 0) is 12.4 Å². The Morgan fingerprint density at radius 1 is 1.46 bits per heavy atom. The minimum absolute atomic E-state index is 0.445. The Morgan fingerprint density at radius 3 is 2.69 bits per heavy atom. The third-order valence-electron chi connectivity index (χ3n) is 2.40. The minimum atomic E-state index is 0.445. The van der Waals surface area contributed by atoms with Gasteiger partial charge in [-0.25, -0.2) is 9.67 Å². The molecule has 1 heterocycles. The molecule has 0 aliphatic carbocycles. The Kier molecular flexibility index (Phi) is 4.22. The van der Waals surface area contributed by atoms with Crippen molar-refractivity contribution in [2.75, 3.05) is 0 Å². The largest absolute Gasteiger partial charge is 0.249 e. The van der Waals surface area contributed by atoms with Crippen LogP contribution in [0.3, 0.4) is 0 Å². The molecule has 1 aromatic rings. The van der Waals surface area contributed by atoms with Crippen molar-refractivity contribution >= 4 is 11.6 Å². The highest BCUT2D eigenvalue weighted by molar-refractivity contribution is 6.16. The summed E-state index contributed by atoms with van der Waals surface area (Å²) in [6, 6.07) is 0. The van der Waals surface area contributed by atoms with Crippen LogP contribution >= 0.6 is 11.6 Å². The maximum atomic E-state index is 5.72. The summed E-state index contributed by atoms with van der Waals surface area (Å²) in [5.41, 5.74) is 0. The van der Waals surface area contributed by atoms with E-state index in [1.807, 2.05) is 4.68 Å². The van der Waals surface area contributed by atoms with Gasteiger partial charge in [0.05, 0.1) is 5.88 Å². The van der Waals surface area contributed by atoms with Crippen LogP contribution in [0.2, 0.25) is 0 Å². The van der Waals surface area contributed by atoms with Crippen LogP contribution < -0.4 is 0 Å². The number of alkyl halides is 1. The van der Waals surface area contributed by atoms with Crippen LogP contribution in [0.4, 0.5) is 0 Å². The fourth-order valence-electron chi connectivity index (χ4n) is 1.34. The lowest BCUT2D eigenvalue weighted by Gasteiger charge is -2.12. The van der Waals surface area contributed by atoms with Gasteiger partial charge in [-0.2, -0.15) is 5.10 Å². The average Bonchev–Trinajstić information content (AvgIpc) is 2.61. The van der Waals surface area contributed by atoms with Gasteiger partial charge in [0.25, 0.3) is 0 Å². The first-order valence-electron chi connectivity index (χ1n) is 4.74. The van der Waals surface area contributed by atoms with Crippen LogP contribution in [0.5, 0.6) is 0 Å². The second-order valence-corrected chi connectivity index (χ2v) is 3.44. The van der Waals surface area contributed by atoms with Gasteiger partial charge in [0.2, 0.25) is 0 Å². The first-order valence-corrected chi connectivity index (χ1v) is 5.27. The van der Waals surface area contributed by atoms with Crippen LogP contribution in [0.25, 0.3) is 0 Å². The van der Waals surface area contributed by atoms with E-state index in [0.717, 1.165) is 12.4 Å². The summed E-state index contributed by atoms with van der Waals surface area (Å²) in [4.78, 5) is 4.08. The molecule has 0 bridgehead atoms. The van der Waals surface area contributed by atoms with Gasteiger partial charge in [-0.3, -0.25) is 0 Å². The van der Waals surface area contributed by atoms with E-state index in [-0.39, 0.29) is 0 Å². The smallest absolute Gasteiger partial charge is 0.141 e. The third kappa shape index (κ3) is 2.69. The molecule has 0 unspecified atom stereocenters. The molecule has 3 nitrogen and oxygen atoms in total. The van der Waals surface area contributed by atoms with Crippen molar-refractivity contribution in [1.29, 1.82) is 0 Å². The van der Waals surface area contributed by atoms with Crippen LogP contribution in [0.15, 0.2) is 6.33 Å². The Bertz CT molecular complexity index is 243. The van der Waals surface area contributed by atoms with Gasteiger partial charge in [0.1, 0.15) is 12.2 Å². The summed E-state index contributed by atoms with van der Waals surface area (Å²) in [5.74, 6) is 2.00. The fraction of sp³-hybridized carbons (Fsp3) is 0.778. The third-order valence-corrected chi connectivity index (χ3v) is 2.64. The van der Waals surface area contributed by atoms with Crippen molar-refractivity contribution in [3.05, 3.63) is 12.2 Å². The van der Waals surface area contributed by atoms with Crippen molar-refractivity contribution < 1.29 is 0 Å². The van der Waals surface area contributed by atoms with E-state index < -0.39 is 0 Å². The molecular formula is C9H16ClN3. The van der Waals surface area contributed by atoms with Crippen molar-refractivity contribution in [3.63, 3.8) is 0 Å². The van der Waals surface area contributed by atoms with E-state index in [0.29, 0.717) is 11.8 Å². The van der Waals surface area contributed by atoms with E-state index in [1.165, 1.54) is 12.8 Å². The van der Waals surface area contributed by atoms with Gasteiger partial charge in [-0.1, -0.05) is 26.7 Å². The quantitative estimate of drug-likeness (QED) is 0.686. The molecule has 13 heavy (non-hydrogen) atoms. The van der Waals surface area contributed by atoms with Crippen molar-refractivity contribution in [2.24, 2.45) is 5.92 Å². The average molecular weight is 202 g/mol. The first-order chi connectivity index (χ1) is 6.31. The number of halogens is 1. The van der Waals surface area contributed by atoms with E-state index in [2.05, 4.69) is 23.9 Å². The molecule has 0 aliphatic heterocycles. The Balaban J connectivity index is 2.61. The summed E-state index contributed by atoms with van der Waals surface area (Å²) >= 11 is 5.72. The Labute approximate surface area is 84.1 Å². The number of nitrogens with zero attached hydrogens (tertiary/aromatic N) is 3. The van der Waals surface area contributed by atoms with Gasteiger partial charge >= 0.3 is 0 Å². The lowest BCUT2D eigenvalue weighted by Crippen LogP contribution is -2.12. The maximum absolute atomic E-state index is 5.72. The van der Waals surface area contributed by atoms with E-state index in [9.17, 15) is 0 Å². The number of hydrogen-bond donors (Lipinski definition) is 0.